The molecule has 1 N–H and O–H groups in total. The molecule has 33 heavy (non-hydrogen) atoms. The molecular formula is C27H33N3O3. The van der Waals surface area contributed by atoms with Crippen LogP contribution in [0.25, 0.3) is 0 Å². The topological polar surface area (TPSA) is 61.9 Å². The summed E-state index contributed by atoms with van der Waals surface area (Å²) in [6.07, 6.45) is 4.90. The number of piperidine rings is 1. The molecule has 174 valence electrons. The summed E-state index contributed by atoms with van der Waals surface area (Å²) in [5.74, 6) is 1.55. The molecular weight excluding hydrogens is 414 g/mol. The number of benzene rings is 2. The van der Waals surface area contributed by atoms with Crippen molar-refractivity contribution in [1.82, 2.24) is 15.1 Å². The number of carbonyl (C=O) groups is 2. The van der Waals surface area contributed by atoms with Gasteiger partial charge in [-0.3, -0.25) is 14.5 Å². The molecule has 0 bridgehead atoms. The smallest absolute Gasteiger partial charge is 0.270 e. The van der Waals surface area contributed by atoms with Crippen LogP contribution in [-0.4, -0.2) is 46.8 Å². The van der Waals surface area contributed by atoms with Crippen molar-refractivity contribution in [3.63, 3.8) is 0 Å². The number of hydrogen-bond donors (Lipinski definition) is 1. The summed E-state index contributed by atoms with van der Waals surface area (Å²) in [6.45, 7) is 6.89. The SMILES string of the molecule is C/C=C1/NC(=O)C2(CCN(Cc3ccc(Oc4ccccc4)cc3)CC2)N(CCCC)C1=O. The molecule has 2 amide bonds. The minimum Gasteiger partial charge on any atom is -0.457 e. The lowest BCUT2D eigenvalue weighted by Gasteiger charge is -2.50. The highest BCUT2D eigenvalue weighted by Crippen LogP contribution is 2.34. The molecule has 0 aliphatic carbocycles. The van der Waals surface area contributed by atoms with Crippen LogP contribution >= 0.6 is 0 Å². The number of ether oxygens (including phenoxy) is 1. The summed E-state index contributed by atoms with van der Waals surface area (Å²) in [5.41, 5.74) is 0.874. The van der Waals surface area contributed by atoms with Gasteiger partial charge in [0.15, 0.2) is 0 Å². The molecule has 4 rings (SSSR count). The number of unbranched alkanes of at least 4 members (excludes halogenated alkanes) is 1. The molecule has 2 saturated heterocycles. The Kier molecular flexibility index (Phi) is 7.14. The van der Waals surface area contributed by atoms with Gasteiger partial charge in [0.05, 0.1) is 0 Å². The summed E-state index contributed by atoms with van der Waals surface area (Å²) < 4.78 is 5.88. The Bertz CT molecular complexity index is 993. The van der Waals surface area contributed by atoms with Crippen LogP contribution in [0.4, 0.5) is 0 Å². The van der Waals surface area contributed by atoms with E-state index in [0.29, 0.717) is 25.1 Å². The first kappa shape index (κ1) is 23.1. The van der Waals surface area contributed by atoms with Gasteiger partial charge in [-0.05, 0) is 56.0 Å². The predicted molar refractivity (Wildman–Crippen MR) is 129 cm³/mol. The first-order valence-electron chi connectivity index (χ1n) is 11.9. The fourth-order valence-electron chi connectivity index (χ4n) is 4.71. The van der Waals surface area contributed by atoms with Crippen molar-refractivity contribution in [2.24, 2.45) is 0 Å². The quantitative estimate of drug-likeness (QED) is 0.636. The van der Waals surface area contributed by atoms with E-state index >= 15 is 0 Å². The van der Waals surface area contributed by atoms with Crippen LogP contribution in [-0.2, 0) is 16.1 Å². The van der Waals surface area contributed by atoms with E-state index < -0.39 is 5.54 Å². The van der Waals surface area contributed by atoms with Gasteiger partial charge < -0.3 is 15.0 Å². The van der Waals surface area contributed by atoms with E-state index in [1.54, 1.807) is 13.0 Å². The van der Waals surface area contributed by atoms with Crippen LogP contribution in [0.1, 0.15) is 45.1 Å². The third-order valence-electron chi connectivity index (χ3n) is 6.68. The number of rotatable bonds is 7. The molecule has 2 aromatic carbocycles. The minimum atomic E-state index is -0.733. The molecule has 0 radical (unpaired) electrons. The number of likely N-dealkylation sites (tertiary alicyclic amines) is 1. The molecule has 0 saturated carbocycles. The fraction of sp³-hybridized carbons (Fsp3) is 0.407. The normalized spacial score (nSPS) is 19.7. The van der Waals surface area contributed by atoms with E-state index in [1.165, 1.54) is 5.56 Å². The number of nitrogens with zero attached hydrogens (tertiary/aromatic N) is 2. The summed E-state index contributed by atoms with van der Waals surface area (Å²) in [7, 11) is 0. The largest absolute Gasteiger partial charge is 0.457 e. The van der Waals surface area contributed by atoms with Crippen molar-refractivity contribution in [3.8, 4) is 11.5 Å². The molecule has 0 unspecified atom stereocenters. The van der Waals surface area contributed by atoms with Crippen molar-refractivity contribution in [2.75, 3.05) is 19.6 Å². The average molecular weight is 448 g/mol. The van der Waals surface area contributed by atoms with Gasteiger partial charge in [0.1, 0.15) is 22.7 Å². The van der Waals surface area contributed by atoms with Gasteiger partial charge in [0.2, 0.25) is 0 Å². The average Bonchev–Trinajstić information content (AvgIpc) is 2.84. The molecule has 2 heterocycles. The number of carbonyl (C=O) groups excluding carboxylic acids is 2. The lowest BCUT2D eigenvalue weighted by molar-refractivity contribution is -0.154. The van der Waals surface area contributed by atoms with Crippen LogP contribution in [0.2, 0.25) is 0 Å². The summed E-state index contributed by atoms with van der Waals surface area (Å²) >= 11 is 0. The molecule has 2 aromatic rings. The van der Waals surface area contributed by atoms with E-state index in [9.17, 15) is 9.59 Å². The van der Waals surface area contributed by atoms with Gasteiger partial charge in [-0.2, -0.15) is 0 Å². The summed E-state index contributed by atoms with van der Waals surface area (Å²) in [4.78, 5) is 30.4. The van der Waals surface area contributed by atoms with Crippen LogP contribution in [0.5, 0.6) is 11.5 Å². The van der Waals surface area contributed by atoms with Gasteiger partial charge in [-0.15, -0.1) is 0 Å². The molecule has 2 aliphatic rings. The maximum Gasteiger partial charge on any atom is 0.270 e. The zero-order valence-corrected chi connectivity index (χ0v) is 19.5. The zero-order chi connectivity index (χ0) is 23.3. The Morgan fingerprint density at radius 1 is 1.00 bits per heavy atom. The number of para-hydroxylation sites is 1. The first-order valence-corrected chi connectivity index (χ1v) is 11.9. The number of amides is 2. The van der Waals surface area contributed by atoms with E-state index in [-0.39, 0.29) is 11.8 Å². The third-order valence-corrected chi connectivity index (χ3v) is 6.68. The van der Waals surface area contributed by atoms with Gasteiger partial charge in [0, 0.05) is 26.2 Å². The lowest BCUT2D eigenvalue weighted by atomic mass is 9.82. The predicted octanol–water partition coefficient (Wildman–Crippen LogP) is 4.48. The Morgan fingerprint density at radius 3 is 2.30 bits per heavy atom. The van der Waals surface area contributed by atoms with Crippen molar-refractivity contribution < 1.29 is 14.3 Å². The highest BCUT2D eigenvalue weighted by molar-refractivity contribution is 6.06. The van der Waals surface area contributed by atoms with Crippen molar-refractivity contribution in [3.05, 3.63) is 71.9 Å². The van der Waals surface area contributed by atoms with Crippen LogP contribution in [0.3, 0.4) is 0 Å². The first-order chi connectivity index (χ1) is 16.1. The second-order valence-electron chi connectivity index (χ2n) is 8.83. The molecule has 2 aliphatic heterocycles. The van der Waals surface area contributed by atoms with E-state index in [2.05, 4.69) is 29.3 Å². The third kappa shape index (κ3) is 4.96. The monoisotopic (exact) mass is 447 g/mol. The molecule has 6 heteroatoms. The standard InChI is InChI=1S/C27H33N3O3/c1-3-5-17-30-25(31)24(4-2)28-26(32)27(30)15-18-29(19-16-27)20-21-11-13-23(14-12-21)33-22-9-7-6-8-10-22/h4,6-14H,3,5,15-20H2,1-2H3,(H,28,32)/b24-4+. The number of piperazine rings is 1. The summed E-state index contributed by atoms with van der Waals surface area (Å²) in [5, 5.41) is 2.87. The lowest BCUT2D eigenvalue weighted by Crippen LogP contribution is -2.69. The summed E-state index contributed by atoms with van der Waals surface area (Å²) in [6, 6.07) is 17.9. The minimum absolute atomic E-state index is 0.0339. The van der Waals surface area contributed by atoms with Gasteiger partial charge in [0.25, 0.3) is 11.8 Å². The number of allylic oxidation sites excluding steroid dienone is 1. The second kappa shape index (κ2) is 10.2. The van der Waals surface area contributed by atoms with E-state index in [0.717, 1.165) is 44.0 Å². The Hall–Kier alpha value is -3.12. The van der Waals surface area contributed by atoms with Gasteiger partial charge in [-0.25, -0.2) is 0 Å². The second-order valence-corrected chi connectivity index (χ2v) is 8.83. The Labute approximate surface area is 196 Å². The Morgan fingerprint density at radius 2 is 1.67 bits per heavy atom. The van der Waals surface area contributed by atoms with Crippen LogP contribution in [0, 0.1) is 0 Å². The zero-order valence-electron chi connectivity index (χ0n) is 19.5. The number of hydrogen-bond acceptors (Lipinski definition) is 4. The van der Waals surface area contributed by atoms with Gasteiger partial charge >= 0.3 is 0 Å². The van der Waals surface area contributed by atoms with Crippen LogP contribution < -0.4 is 10.1 Å². The highest BCUT2D eigenvalue weighted by atomic mass is 16.5. The molecule has 0 atom stereocenters. The van der Waals surface area contributed by atoms with Crippen molar-refractivity contribution >= 4 is 11.8 Å². The maximum absolute atomic E-state index is 13.1. The fourth-order valence-corrected chi connectivity index (χ4v) is 4.71. The molecule has 0 aromatic heterocycles. The van der Waals surface area contributed by atoms with E-state index in [4.69, 9.17) is 4.74 Å². The van der Waals surface area contributed by atoms with Gasteiger partial charge in [-0.1, -0.05) is 49.8 Å². The molecule has 6 nitrogen and oxygen atoms in total. The highest BCUT2D eigenvalue weighted by Gasteiger charge is 2.51. The molecule has 1 spiro atoms. The van der Waals surface area contributed by atoms with E-state index in [1.807, 2.05) is 47.4 Å². The van der Waals surface area contributed by atoms with Crippen molar-refractivity contribution in [1.29, 1.82) is 0 Å². The maximum atomic E-state index is 13.1. The van der Waals surface area contributed by atoms with Crippen molar-refractivity contribution in [2.45, 2.75) is 51.6 Å². The molecule has 2 fully saturated rings. The number of nitrogens with one attached hydrogen (secondary N) is 1. The Balaban J connectivity index is 1.39. The van der Waals surface area contributed by atoms with Crippen LogP contribution in [0.15, 0.2) is 66.4 Å².